The number of carbonyl (C=O) groups excluding carboxylic acids is 1. The lowest BCUT2D eigenvalue weighted by atomic mass is 9.91. The average Bonchev–Trinajstić information content (AvgIpc) is 3.21. The molecule has 0 bridgehead atoms. The quantitative estimate of drug-likeness (QED) is 0.515. The molecule has 5 rings (SSSR count). The van der Waals surface area contributed by atoms with E-state index in [2.05, 4.69) is 15.3 Å². The van der Waals surface area contributed by atoms with Crippen LogP contribution in [0.5, 0.6) is 11.5 Å². The number of likely N-dealkylation sites (tertiary alicyclic amines) is 1. The number of hydrogen-bond donors (Lipinski definition) is 1. The van der Waals surface area contributed by atoms with Crippen molar-refractivity contribution in [1.82, 2.24) is 14.9 Å². The predicted octanol–water partition coefficient (Wildman–Crippen LogP) is 4.29. The molecule has 0 saturated carbocycles. The standard InChI is InChI=1S/C25H27F2N5O4/c1-34-20-5-3-4-17(22(20)27)30-23-16-12-19(21(35-2)13-18(16)28-15-29-23)32-14-25(36-24(32)33)6-9-31(10-7-25)11-8-26/h3-5,12-13,15H,6-11,14H2,1-2H3,(H,28,29,30). The Balaban J connectivity index is 1.49. The molecule has 2 aromatic carbocycles. The second-order valence-electron chi connectivity index (χ2n) is 8.88. The van der Waals surface area contributed by atoms with E-state index in [4.69, 9.17) is 14.2 Å². The minimum absolute atomic E-state index is 0.100. The van der Waals surface area contributed by atoms with Crippen LogP contribution in [0.25, 0.3) is 10.9 Å². The molecule has 2 saturated heterocycles. The number of ether oxygens (including phenoxy) is 3. The zero-order valence-corrected chi connectivity index (χ0v) is 20.1. The van der Waals surface area contributed by atoms with Crippen LogP contribution in [0.15, 0.2) is 36.7 Å². The number of halogens is 2. The van der Waals surface area contributed by atoms with E-state index in [0.717, 1.165) is 0 Å². The summed E-state index contributed by atoms with van der Waals surface area (Å²) in [6, 6.07) is 8.22. The summed E-state index contributed by atoms with van der Waals surface area (Å²) in [5.41, 5.74) is 0.605. The zero-order chi connectivity index (χ0) is 25.3. The number of aromatic nitrogens is 2. The molecular weight excluding hydrogens is 472 g/mol. The highest BCUT2D eigenvalue weighted by atomic mass is 19.1. The van der Waals surface area contributed by atoms with Gasteiger partial charge in [-0.05, 0) is 18.2 Å². The van der Waals surface area contributed by atoms with Crippen molar-refractivity contribution in [2.75, 3.05) is 57.3 Å². The third kappa shape index (κ3) is 4.34. The number of methoxy groups -OCH3 is 2. The molecule has 190 valence electrons. The third-order valence-electron chi connectivity index (χ3n) is 6.80. The predicted molar refractivity (Wildman–Crippen MR) is 131 cm³/mol. The van der Waals surface area contributed by atoms with Gasteiger partial charge in [0, 0.05) is 43.9 Å². The van der Waals surface area contributed by atoms with E-state index < -0.39 is 24.2 Å². The van der Waals surface area contributed by atoms with Crippen LogP contribution in [-0.4, -0.2) is 73.6 Å². The SMILES string of the molecule is COc1cc2ncnc(Nc3cccc(OC)c3F)c2cc1N1CC2(CCN(CCF)CC2)OC1=O. The van der Waals surface area contributed by atoms with Crippen molar-refractivity contribution in [1.29, 1.82) is 0 Å². The summed E-state index contributed by atoms with van der Waals surface area (Å²) in [4.78, 5) is 25.2. The fraction of sp³-hybridized carbons (Fsp3) is 0.400. The van der Waals surface area contributed by atoms with Gasteiger partial charge in [-0.2, -0.15) is 0 Å². The van der Waals surface area contributed by atoms with Crippen molar-refractivity contribution in [3.63, 3.8) is 0 Å². The van der Waals surface area contributed by atoms with Crippen LogP contribution in [0, 0.1) is 5.82 Å². The molecule has 1 aromatic heterocycles. The van der Waals surface area contributed by atoms with Crippen molar-refractivity contribution in [3.05, 3.63) is 42.5 Å². The molecule has 11 heteroatoms. The van der Waals surface area contributed by atoms with Crippen molar-refractivity contribution in [3.8, 4) is 11.5 Å². The maximum Gasteiger partial charge on any atom is 0.415 e. The third-order valence-corrected chi connectivity index (χ3v) is 6.80. The normalized spacial score (nSPS) is 17.4. The highest BCUT2D eigenvalue weighted by Gasteiger charge is 2.48. The molecule has 36 heavy (non-hydrogen) atoms. The van der Waals surface area contributed by atoms with Crippen molar-refractivity contribution < 1.29 is 27.8 Å². The van der Waals surface area contributed by atoms with E-state index >= 15 is 0 Å². The van der Waals surface area contributed by atoms with Crippen LogP contribution < -0.4 is 19.7 Å². The minimum atomic E-state index is -0.637. The summed E-state index contributed by atoms with van der Waals surface area (Å²) < 4.78 is 44.1. The Morgan fingerprint density at radius 1 is 1.14 bits per heavy atom. The van der Waals surface area contributed by atoms with Crippen molar-refractivity contribution in [2.24, 2.45) is 0 Å². The Hall–Kier alpha value is -3.73. The molecule has 0 unspecified atom stereocenters. The lowest BCUT2D eigenvalue weighted by molar-refractivity contribution is -0.0000914. The summed E-state index contributed by atoms with van der Waals surface area (Å²) in [6.45, 7) is 1.65. The first-order valence-electron chi connectivity index (χ1n) is 11.7. The molecule has 0 atom stereocenters. The molecule has 1 spiro atoms. The number of alkyl halides is 1. The fourth-order valence-electron chi connectivity index (χ4n) is 4.81. The first-order chi connectivity index (χ1) is 17.5. The number of anilines is 3. The Morgan fingerprint density at radius 3 is 2.64 bits per heavy atom. The van der Waals surface area contributed by atoms with E-state index in [0.29, 0.717) is 67.2 Å². The molecule has 9 nitrogen and oxygen atoms in total. The van der Waals surface area contributed by atoms with E-state index in [1.165, 1.54) is 26.6 Å². The average molecular weight is 500 g/mol. The van der Waals surface area contributed by atoms with Crippen LogP contribution in [-0.2, 0) is 4.74 Å². The van der Waals surface area contributed by atoms with Crippen LogP contribution in [0.2, 0.25) is 0 Å². The number of nitrogens with one attached hydrogen (secondary N) is 1. The molecular formula is C25H27F2N5O4. The topological polar surface area (TPSA) is 89.1 Å². The Kier molecular flexibility index (Phi) is 6.48. The van der Waals surface area contributed by atoms with Gasteiger partial charge < -0.3 is 24.4 Å². The molecule has 2 fully saturated rings. The monoisotopic (exact) mass is 499 g/mol. The lowest BCUT2D eigenvalue weighted by Crippen LogP contribution is -2.47. The number of amides is 1. The van der Waals surface area contributed by atoms with Gasteiger partial charge in [-0.3, -0.25) is 4.90 Å². The van der Waals surface area contributed by atoms with Crippen LogP contribution in [0.4, 0.5) is 30.8 Å². The maximum atomic E-state index is 14.8. The molecule has 3 heterocycles. The van der Waals surface area contributed by atoms with Gasteiger partial charge >= 0.3 is 6.09 Å². The smallest absolute Gasteiger partial charge is 0.415 e. The number of hydrogen-bond acceptors (Lipinski definition) is 8. The highest BCUT2D eigenvalue weighted by molar-refractivity contribution is 6.00. The van der Waals surface area contributed by atoms with Gasteiger partial charge in [-0.1, -0.05) is 6.07 Å². The molecule has 1 amide bonds. The second kappa shape index (κ2) is 9.73. The van der Waals surface area contributed by atoms with Gasteiger partial charge in [0.05, 0.1) is 37.7 Å². The van der Waals surface area contributed by atoms with Gasteiger partial charge in [0.15, 0.2) is 11.6 Å². The highest BCUT2D eigenvalue weighted by Crippen LogP contribution is 2.41. The summed E-state index contributed by atoms with van der Waals surface area (Å²) in [6.07, 6.45) is 2.13. The minimum Gasteiger partial charge on any atom is -0.494 e. The lowest BCUT2D eigenvalue weighted by Gasteiger charge is -2.37. The Morgan fingerprint density at radius 2 is 1.92 bits per heavy atom. The van der Waals surface area contributed by atoms with Gasteiger partial charge in [0.25, 0.3) is 0 Å². The summed E-state index contributed by atoms with van der Waals surface area (Å²) in [5.74, 6) is 0.356. The second-order valence-corrected chi connectivity index (χ2v) is 8.88. The number of fused-ring (bicyclic) bond motifs is 1. The molecule has 3 aromatic rings. The first-order valence-corrected chi connectivity index (χ1v) is 11.7. The van der Waals surface area contributed by atoms with Gasteiger partial charge in [-0.25, -0.2) is 23.5 Å². The van der Waals surface area contributed by atoms with Crippen LogP contribution in [0.1, 0.15) is 12.8 Å². The summed E-state index contributed by atoms with van der Waals surface area (Å²) >= 11 is 0. The van der Waals surface area contributed by atoms with E-state index in [-0.39, 0.29) is 11.4 Å². The zero-order valence-electron chi connectivity index (χ0n) is 20.1. The van der Waals surface area contributed by atoms with Gasteiger partial charge in [0.1, 0.15) is 30.2 Å². The molecule has 0 radical (unpaired) electrons. The maximum absolute atomic E-state index is 14.8. The van der Waals surface area contributed by atoms with Crippen LogP contribution >= 0.6 is 0 Å². The number of benzene rings is 2. The number of rotatable bonds is 7. The molecule has 1 N–H and O–H groups in total. The van der Waals surface area contributed by atoms with Crippen molar-refractivity contribution >= 4 is 34.2 Å². The molecule has 2 aliphatic rings. The summed E-state index contributed by atoms with van der Waals surface area (Å²) in [7, 11) is 2.91. The van der Waals surface area contributed by atoms with E-state index in [9.17, 15) is 13.6 Å². The van der Waals surface area contributed by atoms with E-state index in [1.54, 1.807) is 29.2 Å². The molecule has 0 aliphatic carbocycles. The molecule has 2 aliphatic heterocycles. The van der Waals surface area contributed by atoms with Gasteiger partial charge in [-0.15, -0.1) is 0 Å². The number of piperidine rings is 1. The van der Waals surface area contributed by atoms with Crippen LogP contribution in [0.3, 0.4) is 0 Å². The summed E-state index contributed by atoms with van der Waals surface area (Å²) in [5, 5.41) is 3.58. The number of nitrogens with zero attached hydrogens (tertiary/aromatic N) is 4. The number of carbonyl (C=O) groups is 1. The van der Waals surface area contributed by atoms with E-state index in [1.807, 2.05) is 4.90 Å². The van der Waals surface area contributed by atoms with Crippen molar-refractivity contribution in [2.45, 2.75) is 18.4 Å². The Labute approximate surface area is 207 Å². The fourth-order valence-corrected chi connectivity index (χ4v) is 4.81. The first kappa shape index (κ1) is 24.0. The Bertz CT molecular complexity index is 1280. The largest absolute Gasteiger partial charge is 0.494 e. The van der Waals surface area contributed by atoms with Gasteiger partial charge in [0.2, 0.25) is 0 Å².